The largest absolute Gasteiger partial charge is 0.348 e. The number of anilines is 1. The molecule has 1 unspecified atom stereocenters. The van der Waals surface area contributed by atoms with Gasteiger partial charge in [0.25, 0.3) is 0 Å². The van der Waals surface area contributed by atoms with Crippen LogP contribution in [0.5, 0.6) is 0 Å². The van der Waals surface area contributed by atoms with Crippen LogP contribution in [-0.2, 0) is 4.79 Å². The standard InChI is InChI=1S/C21H30N4OS2/c1-14(2)16-7-9-17(10-8-16)19(15(3)4)22-18(26)13-27-21-24-23-20(28-21)25-11-5-6-12-25/h7-10,14-15,19H,5-6,11-13H2,1-4H3,(H,22,26). The summed E-state index contributed by atoms with van der Waals surface area (Å²) in [7, 11) is 0. The van der Waals surface area contributed by atoms with Gasteiger partial charge in [-0.25, -0.2) is 0 Å². The molecule has 0 radical (unpaired) electrons. The fourth-order valence-corrected chi connectivity index (χ4v) is 5.07. The number of hydrogen-bond donors (Lipinski definition) is 1. The van der Waals surface area contributed by atoms with E-state index in [1.54, 1.807) is 11.3 Å². The number of nitrogens with zero attached hydrogens (tertiary/aromatic N) is 3. The number of benzene rings is 1. The predicted molar refractivity (Wildman–Crippen MR) is 118 cm³/mol. The van der Waals surface area contributed by atoms with Crippen LogP contribution in [0.25, 0.3) is 0 Å². The van der Waals surface area contributed by atoms with Crippen molar-refractivity contribution in [2.24, 2.45) is 5.92 Å². The Morgan fingerprint density at radius 2 is 1.75 bits per heavy atom. The molecular weight excluding hydrogens is 388 g/mol. The summed E-state index contributed by atoms with van der Waals surface area (Å²) in [6.45, 7) is 10.8. The number of nitrogens with one attached hydrogen (secondary N) is 1. The number of thioether (sulfide) groups is 1. The zero-order chi connectivity index (χ0) is 20.1. The van der Waals surface area contributed by atoms with Gasteiger partial charge in [0.1, 0.15) is 0 Å². The lowest BCUT2D eigenvalue weighted by molar-refractivity contribution is -0.119. The van der Waals surface area contributed by atoms with E-state index in [0.717, 1.165) is 28.1 Å². The van der Waals surface area contributed by atoms with Crippen molar-refractivity contribution in [3.63, 3.8) is 0 Å². The van der Waals surface area contributed by atoms with E-state index >= 15 is 0 Å². The smallest absolute Gasteiger partial charge is 0.230 e. The molecule has 1 aliphatic rings. The van der Waals surface area contributed by atoms with Crippen LogP contribution in [0.4, 0.5) is 5.13 Å². The molecule has 1 amide bonds. The minimum absolute atomic E-state index is 0.0175. The van der Waals surface area contributed by atoms with Crippen LogP contribution in [-0.4, -0.2) is 34.9 Å². The molecule has 0 spiro atoms. The maximum absolute atomic E-state index is 12.6. The van der Waals surface area contributed by atoms with Crippen molar-refractivity contribution >= 4 is 34.1 Å². The number of hydrogen-bond acceptors (Lipinski definition) is 6. The molecule has 5 nitrogen and oxygen atoms in total. The van der Waals surface area contributed by atoms with Crippen molar-refractivity contribution in [1.29, 1.82) is 0 Å². The van der Waals surface area contributed by atoms with E-state index < -0.39 is 0 Å². The van der Waals surface area contributed by atoms with E-state index in [2.05, 4.69) is 72.4 Å². The zero-order valence-corrected chi connectivity index (χ0v) is 18.8. The normalized spacial score (nSPS) is 15.4. The summed E-state index contributed by atoms with van der Waals surface area (Å²) in [6, 6.07) is 8.62. The molecule has 1 saturated heterocycles. The average Bonchev–Trinajstić information content (AvgIpc) is 3.35. The van der Waals surface area contributed by atoms with Crippen LogP contribution >= 0.6 is 23.1 Å². The molecule has 2 heterocycles. The third-order valence-corrected chi connectivity index (χ3v) is 7.16. The minimum atomic E-state index is 0.0175. The lowest BCUT2D eigenvalue weighted by Gasteiger charge is -2.23. The monoisotopic (exact) mass is 418 g/mol. The van der Waals surface area contributed by atoms with Crippen molar-refractivity contribution < 1.29 is 4.79 Å². The SMILES string of the molecule is CC(C)c1ccc(C(NC(=O)CSc2nnc(N3CCCC3)s2)C(C)C)cc1. The highest BCUT2D eigenvalue weighted by atomic mass is 32.2. The summed E-state index contributed by atoms with van der Waals surface area (Å²) in [5.74, 6) is 1.23. The number of carbonyl (C=O) groups excluding carboxylic acids is 1. The average molecular weight is 419 g/mol. The van der Waals surface area contributed by atoms with Crippen LogP contribution < -0.4 is 10.2 Å². The predicted octanol–water partition coefficient (Wildman–Crippen LogP) is 4.87. The molecule has 1 aromatic heterocycles. The highest BCUT2D eigenvalue weighted by molar-refractivity contribution is 8.01. The van der Waals surface area contributed by atoms with Crippen LogP contribution in [0.3, 0.4) is 0 Å². The second-order valence-corrected chi connectivity index (χ2v) is 10.1. The molecule has 1 aliphatic heterocycles. The second kappa shape index (κ2) is 9.74. The highest BCUT2D eigenvalue weighted by Crippen LogP contribution is 2.30. The maximum Gasteiger partial charge on any atom is 0.230 e. The Balaban J connectivity index is 1.55. The van der Waals surface area contributed by atoms with Crippen LogP contribution in [0.2, 0.25) is 0 Å². The topological polar surface area (TPSA) is 58.1 Å². The molecule has 2 aromatic rings. The Labute approximate surface area is 176 Å². The molecule has 1 atom stereocenters. The zero-order valence-electron chi connectivity index (χ0n) is 17.1. The van der Waals surface area contributed by atoms with E-state index in [-0.39, 0.29) is 11.9 Å². The second-order valence-electron chi connectivity index (χ2n) is 7.94. The fraction of sp³-hybridized carbons (Fsp3) is 0.571. The first-order valence-corrected chi connectivity index (χ1v) is 11.8. The van der Waals surface area contributed by atoms with Crippen LogP contribution in [0.1, 0.15) is 63.6 Å². The van der Waals surface area contributed by atoms with Crippen molar-refractivity contribution in [2.45, 2.75) is 56.8 Å². The Hall–Kier alpha value is -1.60. The van der Waals surface area contributed by atoms with Gasteiger partial charge >= 0.3 is 0 Å². The molecule has 1 N–H and O–H groups in total. The Morgan fingerprint density at radius 3 is 2.36 bits per heavy atom. The number of aromatic nitrogens is 2. The third kappa shape index (κ3) is 5.47. The molecule has 152 valence electrons. The maximum atomic E-state index is 12.6. The van der Waals surface area contributed by atoms with Crippen LogP contribution in [0, 0.1) is 5.92 Å². The first-order valence-electron chi connectivity index (χ1n) is 10.0. The lowest BCUT2D eigenvalue weighted by Crippen LogP contribution is -2.33. The molecule has 0 bridgehead atoms. The van der Waals surface area contributed by atoms with Gasteiger partial charge in [-0.2, -0.15) is 0 Å². The summed E-state index contributed by atoms with van der Waals surface area (Å²) in [5, 5.41) is 12.7. The molecule has 0 aliphatic carbocycles. The van der Waals surface area contributed by atoms with Gasteiger partial charge in [-0.1, -0.05) is 75.1 Å². The number of amides is 1. The van der Waals surface area contributed by atoms with Crippen molar-refractivity contribution in [1.82, 2.24) is 15.5 Å². The van der Waals surface area contributed by atoms with E-state index in [1.165, 1.54) is 30.2 Å². The molecule has 1 fully saturated rings. The molecule has 7 heteroatoms. The van der Waals surface area contributed by atoms with E-state index in [9.17, 15) is 4.79 Å². The first kappa shape index (κ1) is 21.1. The first-order chi connectivity index (χ1) is 13.4. The van der Waals surface area contributed by atoms with Gasteiger partial charge in [0.2, 0.25) is 11.0 Å². The fourth-order valence-electron chi connectivity index (χ4n) is 3.36. The Kier molecular flexibility index (Phi) is 7.35. The van der Waals surface area contributed by atoms with Gasteiger partial charge < -0.3 is 10.2 Å². The van der Waals surface area contributed by atoms with Gasteiger partial charge in [-0.3, -0.25) is 4.79 Å². The van der Waals surface area contributed by atoms with E-state index in [4.69, 9.17) is 0 Å². The molecular formula is C21H30N4OS2. The van der Waals surface area contributed by atoms with E-state index in [1.807, 2.05) is 0 Å². The summed E-state index contributed by atoms with van der Waals surface area (Å²) in [4.78, 5) is 14.8. The third-order valence-electron chi connectivity index (χ3n) is 5.04. The quantitative estimate of drug-likeness (QED) is 0.620. The van der Waals surface area contributed by atoms with Crippen molar-refractivity contribution in [2.75, 3.05) is 23.7 Å². The number of rotatable bonds is 8. The van der Waals surface area contributed by atoms with Crippen molar-refractivity contribution in [3.05, 3.63) is 35.4 Å². The van der Waals surface area contributed by atoms with Gasteiger partial charge in [-0.05, 0) is 35.8 Å². The lowest BCUT2D eigenvalue weighted by atomic mass is 9.93. The van der Waals surface area contributed by atoms with E-state index in [0.29, 0.717) is 17.6 Å². The molecule has 28 heavy (non-hydrogen) atoms. The highest BCUT2D eigenvalue weighted by Gasteiger charge is 2.20. The van der Waals surface area contributed by atoms with Crippen LogP contribution in [0.15, 0.2) is 28.6 Å². The number of carbonyl (C=O) groups is 1. The van der Waals surface area contributed by atoms with Gasteiger partial charge in [0.15, 0.2) is 4.34 Å². The van der Waals surface area contributed by atoms with Gasteiger partial charge in [-0.15, -0.1) is 10.2 Å². The van der Waals surface area contributed by atoms with Crippen molar-refractivity contribution in [3.8, 4) is 0 Å². The molecule has 3 rings (SSSR count). The summed E-state index contributed by atoms with van der Waals surface area (Å²) in [6.07, 6.45) is 2.44. The van der Waals surface area contributed by atoms with Gasteiger partial charge in [0, 0.05) is 13.1 Å². The summed E-state index contributed by atoms with van der Waals surface area (Å²) in [5.41, 5.74) is 2.48. The molecule has 0 saturated carbocycles. The molecule has 1 aromatic carbocycles. The minimum Gasteiger partial charge on any atom is -0.348 e. The summed E-state index contributed by atoms with van der Waals surface area (Å²) < 4.78 is 0.861. The summed E-state index contributed by atoms with van der Waals surface area (Å²) >= 11 is 3.05. The Bertz CT molecular complexity index is 767. The van der Waals surface area contributed by atoms with Gasteiger partial charge in [0.05, 0.1) is 11.8 Å². The Morgan fingerprint density at radius 1 is 1.11 bits per heavy atom.